The lowest BCUT2D eigenvalue weighted by Crippen LogP contribution is -2.30. The van der Waals surface area contributed by atoms with Gasteiger partial charge in [-0.25, -0.2) is 4.98 Å². The van der Waals surface area contributed by atoms with Crippen molar-refractivity contribution in [2.24, 2.45) is 11.1 Å². The Labute approximate surface area is 111 Å². The number of nitrogens with zero attached hydrogens (tertiary/aromatic N) is 2. The fourth-order valence-corrected chi connectivity index (χ4v) is 3.02. The monoisotopic (exact) mass is 272 g/mol. The smallest absolute Gasteiger partial charge is 0.170 e. The van der Waals surface area contributed by atoms with Gasteiger partial charge in [-0.3, -0.25) is 5.41 Å². The van der Waals surface area contributed by atoms with E-state index in [1.54, 1.807) is 11.8 Å². The third-order valence-corrected chi connectivity index (χ3v) is 4.67. The zero-order valence-electron chi connectivity index (χ0n) is 10.6. The normalized spacial score (nSPS) is 11.7. The van der Waals surface area contributed by atoms with E-state index in [-0.39, 0.29) is 11.3 Å². The number of hydrogen-bond donors (Lipinski definition) is 2. The highest BCUT2D eigenvalue weighted by atomic mass is 32.2. The molecular formula is C11H20N4S2. The Morgan fingerprint density at radius 3 is 2.71 bits per heavy atom. The van der Waals surface area contributed by atoms with Crippen molar-refractivity contribution in [2.75, 3.05) is 5.75 Å². The average molecular weight is 272 g/mol. The molecule has 0 fully saturated rings. The Hall–Kier alpha value is -0.620. The number of rotatable bonds is 7. The van der Waals surface area contributed by atoms with Crippen LogP contribution in [0.3, 0.4) is 0 Å². The summed E-state index contributed by atoms with van der Waals surface area (Å²) in [7, 11) is 0. The topological polar surface area (TPSA) is 75.7 Å². The second-order valence-corrected chi connectivity index (χ2v) is 6.80. The Morgan fingerprint density at radius 2 is 2.18 bits per heavy atom. The lowest BCUT2D eigenvalue weighted by atomic mass is 9.86. The lowest BCUT2D eigenvalue weighted by Gasteiger charge is -2.22. The van der Waals surface area contributed by atoms with Crippen LogP contribution in [0.4, 0.5) is 0 Å². The van der Waals surface area contributed by atoms with Crippen molar-refractivity contribution < 1.29 is 0 Å². The van der Waals surface area contributed by atoms with Crippen molar-refractivity contribution in [3.05, 3.63) is 5.82 Å². The van der Waals surface area contributed by atoms with Crippen molar-refractivity contribution in [3.8, 4) is 0 Å². The van der Waals surface area contributed by atoms with E-state index in [2.05, 4.69) is 9.36 Å². The largest absolute Gasteiger partial charge is 0.387 e. The molecule has 0 unspecified atom stereocenters. The van der Waals surface area contributed by atoms with Crippen molar-refractivity contribution in [1.29, 1.82) is 5.41 Å². The summed E-state index contributed by atoms with van der Waals surface area (Å²) >= 11 is 3.23. The van der Waals surface area contributed by atoms with Crippen LogP contribution >= 0.6 is 23.3 Å². The number of aryl methyl sites for hydroxylation is 1. The van der Waals surface area contributed by atoms with Crippen molar-refractivity contribution in [1.82, 2.24) is 9.36 Å². The zero-order chi connectivity index (χ0) is 12.9. The summed E-state index contributed by atoms with van der Waals surface area (Å²) in [6.45, 7) is 5.96. The maximum Gasteiger partial charge on any atom is 0.170 e. The quantitative estimate of drug-likeness (QED) is 0.346. The molecule has 3 N–H and O–H groups in total. The fraction of sp³-hybridized carbons (Fsp3) is 0.727. The van der Waals surface area contributed by atoms with Crippen LogP contribution in [0.15, 0.2) is 4.34 Å². The minimum Gasteiger partial charge on any atom is -0.387 e. The van der Waals surface area contributed by atoms with E-state index in [1.165, 1.54) is 11.5 Å². The molecule has 0 atom stereocenters. The third kappa shape index (κ3) is 5.04. The molecule has 1 aromatic heterocycles. The number of thioether (sulfide) groups is 1. The van der Waals surface area contributed by atoms with Gasteiger partial charge in [0, 0.05) is 11.2 Å². The van der Waals surface area contributed by atoms with Crippen LogP contribution < -0.4 is 5.73 Å². The minimum atomic E-state index is -0.163. The van der Waals surface area contributed by atoms with Crippen LogP contribution in [-0.4, -0.2) is 20.9 Å². The Balaban J connectivity index is 2.15. The standard InChI is InChI=1S/C11H20N4S2/c1-8-14-10(17-15-8)16-7-5-4-6-11(2,3)9(12)13/h4-7H2,1-3H3,(H3,12,13). The number of nitrogens with one attached hydrogen (secondary N) is 1. The van der Waals surface area contributed by atoms with Crippen molar-refractivity contribution in [3.63, 3.8) is 0 Å². The van der Waals surface area contributed by atoms with Crippen LogP contribution in [0.1, 0.15) is 38.9 Å². The highest BCUT2D eigenvalue weighted by Crippen LogP contribution is 2.25. The molecule has 1 rings (SSSR count). The third-order valence-electron chi connectivity index (χ3n) is 2.66. The first-order valence-electron chi connectivity index (χ1n) is 5.69. The summed E-state index contributed by atoms with van der Waals surface area (Å²) in [4.78, 5) is 4.30. The first kappa shape index (κ1) is 14.4. The summed E-state index contributed by atoms with van der Waals surface area (Å²) < 4.78 is 5.19. The van der Waals surface area contributed by atoms with Gasteiger partial charge in [0.2, 0.25) is 0 Å². The predicted octanol–water partition coefficient (Wildman–Crippen LogP) is 3.07. The van der Waals surface area contributed by atoms with Crippen LogP contribution in [0.25, 0.3) is 0 Å². The van der Waals surface area contributed by atoms with Crippen LogP contribution in [0, 0.1) is 17.7 Å². The Bertz CT molecular complexity index is 373. The van der Waals surface area contributed by atoms with E-state index in [4.69, 9.17) is 11.1 Å². The molecule has 0 radical (unpaired) electrons. The highest BCUT2D eigenvalue weighted by molar-refractivity contribution is 8.00. The van der Waals surface area contributed by atoms with Gasteiger partial charge in [-0.15, -0.1) is 0 Å². The van der Waals surface area contributed by atoms with E-state index >= 15 is 0 Å². The van der Waals surface area contributed by atoms with Gasteiger partial charge >= 0.3 is 0 Å². The number of amidine groups is 1. The molecule has 0 bridgehead atoms. The molecule has 4 nitrogen and oxygen atoms in total. The first-order chi connectivity index (χ1) is 7.92. The number of hydrogen-bond acceptors (Lipinski definition) is 5. The molecule has 0 aliphatic rings. The summed E-state index contributed by atoms with van der Waals surface area (Å²) in [5, 5.41) is 7.47. The number of unbranched alkanes of at least 4 members (excludes halogenated alkanes) is 1. The van der Waals surface area contributed by atoms with Crippen molar-refractivity contribution >= 4 is 29.1 Å². The lowest BCUT2D eigenvalue weighted by molar-refractivity contribution is 0.448. The van der Waals surface area contributed by atoms with Crippen molar-refractivity contribution in [2.45, 2.75) is 44.4 Å². The molecule has 0 aliphatic heterocycles. The molecule has 0 saturated heterocycles. The van der Waals surface area contributed by atoms with Gasteiger partial charge in [-0.1, -0.05) is 32.0 Å². The highest BCUT2D eigenvalue weighted by Gasteiger charge is 2.20. The second kappa shape index (κ2) is 6.35. The number of nitrogens with two attached hydrogens (primary N) is 1. The van der Waals surface area contributed by atoms with Gasteiger partial charge in [0.25, 0.3) is 0 Å². The van der Waals surface area contributed by atoms with E-state index in [1.807, 2.05) is 20.8 Å². The van der Waals surface area contributed by atoms with E-state index in [0.29, 0.717) is 0 Å². The molecule has 0 spiro atoms. The summed E-state index contributed by atoms with van der Waals surface area (Å²) in [6.07, 6.45) is 3.19. The van der Waals surface area contributed by atoms with Gasteiger partial charge in [0.1, 0.15) is 5.82 Å². The van der Waals surface area contributed by atoms with Crippen LogP contribution in [-0.2, 0) is 0 Å². The summed E-state index contributed by atoms with van der Waals surface area (Å²) in [6, 6.07) is 0. The molecular weight excluding hydrogens is 252 g/mol. The average Bonchev–Trinajstić information content (AvgIpc) is 2.63. The molecule has 1 heterocycles. The zero-order valence-corrected chi connectivity index (χ0v) is 12.2. The Kier molecular flexibility index (Phi) is 5.39. The van der Waals surface area contributed by atoms with E-state index in [9.17, 15) is 0 Å². The van der Waals surface area contributed by atoms with E-state index in [0.717, 1.165) is 35.2 Å². The molecule has 96 valence electrons. The van der Waals surface area contributed by atoms with Gasteiger partial charge in [-0.05, 0) is 31.3 Å². The van der Waals surface area contributed by atoms with Gasteiger partial charge in [0.15, 0.2) is 4.34 Å². The maximum atomic E-state index is 7.47. The first-order valence-corrected chi connectivity index (χ1v) is 7.45. The molecule has 0 aromatic carbocycles. The predicted molar refractivity (Wildman–Crippen MR) is 74.9 cm³/mol. The van der Waals surface area contributed by atoms with Crippen LogP contribution in [0.2, 0.25) is 0 Å². The molecule has 0 aliphatic carbocycles. The summed E-state index contributed by atoms with van der Waals surface area (Å²) in [5.41, 5.74) is 5.38. The molecule has 17 heavy (non-hydrogen) atoms. The minimum absolute atomic E-state index is 0.163. The maximum absolute atomic E-state index is 7.47. The molecule has 0 amide bonds. The second-order valence-electron chi connectivity index (χ2n) is 4.71. The Morgan fingerprint density at radius 1 is 1.47 bits per heavy atom. The number of aromatic nitrogens is 2. The summed E-state index contributed by atoms with van der Waals surface area (Å²) in [5.74, 6) is 2.20. The SMILES string of the molecule is Cc1nsc(SCCCCC(C)(C)C(=N)N)n1. The van der Waals surface area contributed by atoms with Crippen LogP contribution in [0.5, 0.6) is 0 Å². The fourth-order valence-electron chi connectivity index (χ4n) is 1.30. The van der Waals surface area contributed by atoms with Gasteiger partial charge in [-0.2, -0.15) is 4.37 Å². The van der Waals surface area contributed by atoms with Gasteiger partial charge in [0.05, 0.1) is 5.84 Å². The van der Waals surface area contributed by atoms with Gasteiger partial charge < -0.3 is 5.73 Å². The molecule has 6 heteroatoms. The molecule has 0 saturated carbocycles. The van der Waals surface area contributed by atoms with E-state index < -0.39 is 0 Å². The molecule has 1 aromatic rings.